The number of aromatic nitrogens is 1. The molecule has 0 aliphatic heterocycles. The predicted molar refractivity (Wildman–Crippen MR) is 72.4 cm³/mol. The Morgan fingerprint density at radius 3 is 2.58 bits per heavy atom. The number of halogens is 1. The molecule has 104 valence electrons. The minimum atomic E-state index is -0.750. The van der Waals surface area contributed by atoms with Crippen LogP contribution in [0, 0.1) is 0 Å². The van der Waals surface area contributed by atoms with Crippen molar-refractivity contribution in [2.75, 3.05) is 5.43 Å². The molecule has 6 N–H and O–H groups in total. The maximum atomic E-state index is 12.0. The number of hydrazine groups is 1. The van der Waals surface area contributed by atoms with Gasteiger partial charge in [-0.1, -0.05) is 11.6 Å². The molecule has 0 saturated carbocycles. The Kier molecular flexibility index (Phi) is 4.68. The third kappa shape index (κ3) is 4.38. The van der Waals surface area contributed by atoms with E-state index in [1.807, 2.05) is 0 Å². The molecule has 1 aromatic rings. The van der Waals surface area contributed by atoms with Gasteiger partial charge in [-0.05, 0) is 19.9 Å². The summed E-state index contributed by atoms with van der Waals surface area (Å²) in [6.45, 7) is 3.39. The molecule has 2 amide bonds. The van der Waals surface area contributed by atoms with Crippen LogP contribution < -0.4 is 22.3 Å². The van der Waals surface area contributed by atoms with Gasteiger partial charge in [0, 0.05) is 18.2 Å². The van der Waals surface area contributed by atoms with Crippen molar-refractivity contribution in [1.29, 1.82) is 0 Å². The molecule has 0 aromatic carbocycles. The van der Waals surface area contributed by atoms with Crippen molar-refractivity contribution < 1.29 is 9.59 Å². The topological polar surface area (TPSA) is 123 Å². The molecule has 0 aliphatic carbocycles. The number of hydrogen-bond acceptors (Lipinski definition) is 5. The number of pyridine rings is 1. The number of nitrogens with one attached hydrogen (secondary N) is 2. The second kappa shape index (κ2) is 5.85. The van der Waals surface area contributed by atoms with E-state index in [4.69, 9.17) is 23.2 Å². The van der Waals surface area contributed by atoms with E-state index in [-0.39, 0.29) is 22.8 Å². The number of carbonyl (C=O) groups is 2. The lowest BCUT2D eigenvalue weighted by Gasteiger charge is -2.24. The van der Waals surface area contributed by atoms with Crippen LogP contribution >= 0.6 is 11.6 Å². The van der Waals surface area contributed by atoms with Crippen LogP contribution in [0.5, 0.6) is 0 Å². The summed E-state index contributed by atoms with van der Waals surface area (Å²) in [5, 5.41) is 2.90. The van der Waals surface area contributed by atoms with E-state index in [0.29, 0.717) is 0 Å². The molecule has 0 fully saturated rings. The number of amides is 2. The van der Waals surface area contributed by atoms with E-state index < -0.39 is 17.4 Å². The number of primary amides is 1. The lowest BCUT2D eigenvalue weighted by Crippen LogP contribution is -2.46. The van der Waals surface area contributed by atoms with E-state index >= 15 is 0 Å². The van der Waals surface area contributed by atoms with Crippen LogP contribution in [0.15, 0.2) is 12.3 Å². The zero-order valence-electron chi connectivity index (χ0n) is 10.7. The Balaban J connectivity index is 2.84. The largest absolute Gasteiger partial charge is 0.370 e. The molecule has 0 radical (unpaired) electrons. The van der Waals surface area contributed by atoms with Gasteiger partial charge < -0.3 is 16.5 Å². The van der Waals surface area contributed by atoms with E-state index in [9.17, 15) is 9.59 Å². The number of hydrogen-bond donors (Lipinski definition) is 4. The highest BCUT2D eigenvalue weighted by Crippen LogP contribution is 2.19. The zero-order valence-corrected chi connectivity index (χ0v) is 11.4. The molecule has 1 aromatic heterocycles. The average Bonchev–Trinajstić information content (AvgIpc) is 2.26. The maximum absolute atomic E-state index is 12.0. The van der Waals surface area contributed by atoms with Gasteiger partial charge >= 0.3 is 0 Å². The summed E-state index contributed by atoms with van der Waals surface area (Å²) in [6, 6.07) is 1.43. The molecule has 0 bridgehead atoms. The monoisotopic (exact) mass is 285 g/mol. The van der Waals surface area contributed by atoms with Gasteiger partial charge in [0.25, 0.3) is 5.91 Å². The van der Waals surface area contributed by atoms with Crippen molar-refractivity contribution in [3.05, 3.63) is 22.8 Å². The summed E-state index contributed by atoms with van der Waals surface area (Å²) in [4.78, 5) is 26.8. The van der Waals surface area contributed by atoms with Crippen molar-refractivity contribution in [2.45, 2.75) is 25.8 Å². The Bertz CT molecular complexity index is 504. The molecule has 0 saturated heterocycles. The summed E-state index contributed by atoms with van der Waals surface area (Å²) in [5.74, 6) is 4.56. The number of anilines is 1. The van der Waals surface area contributed by atoms with Crippen LogP contribution in [0.1, 0.15) is 30.6 Å². The first-order valence-electron chi connectivity index (χ1n) is 5.48. The minimum absolute atomic E-state index is 0.0301. The van der Waals surface area contributed by atoms with Crippen molar-refractivity contribution >= 4 is 29.2 Å². The summed E-state index contributed by atoms with van der Waals surface area (Å²) >= 11 is 5.87. The lowest BCUT2D eigenvalue weighted by molar-refractivity contribution is -0.119. The molecule has 0 atom stereocenters. The fourth-order valence-electron chi connectivity index (χ4n) is 1.53. The van der Waals surface area contributed by atoms with Crippen LogP contribution in [0.2, 0.25) is 5.02 Å². The van der Waals surface area contributed by atoms with Gasteiger partial charge in [-0.3, -0.25) is 9.59 Å². The average molecular weight is 286 g/mol. The molecular formula is C11H16ClN5O2. The van der Waals surface area contributed by atoms with Gasteiger partial charge in [0.2, 0.25) is 5.91 Å². The van der Waals surface area contributed by atoms with Crippen molar-refractivity contribution in [2.24, 2.45) is 11.6 Å². The highest BCUT2D eigenvalue weighted by molar-refractivity contribution is 6.33. The van der Waals surface area contributed by atoms with E-state index in [1.54, 1.807) is 13.8 Å². The van der Waals surface area contributed by atoms with Crippen molar-refractivity contribution in [1.82, 2.24) is 10.3 Å². The number of carbonyl (C=O) groups excluding carboxylic acids is 2. The summed E-state index contributed by atoms with van der Waals surface area (Å²) < 4.78 is 0. The standard InChI is InChI=1S/C11H16ClN5O2/c1-11(2,4-8(13)18)16-10(19)6-3-7(12)9(17-14)15-5-6/h3,5H,4,14H2,1-2H3,(H2,13,18)(H,15,17)(H,16,19). The second-order valence-corrected chi connectivity index (χ2v) is 5.09. The first kappa shape index (κ1) is 15.2. The molecular weight excluding hydrogens is 270 g/mol. The van der Waals surface area contributed by atoms with Crippen molar-refractivity contribution in [3.8, 4) is 0 Å². The van der Waals surface area contributed by atoms with Crippen LogP contribution in [0.4, 0.5) is 5.82 Å². The second-order valence-electron chi connectivity index (χ2n) is 4.68. The first-order valence-corrected chi connectivity index (χ1v) is 5.86. The molecule has 0 spiro atoms. The number of nitrogen functional groups attached to an aromatic ring is 1. The molecule has 1 rings (SSSR count). The molecule has 8 heteroatoms. The molecule has 19 heavy (non-hydrogen) atoms. The fourth-order valence-corrected chi connectivity index (χ4v) is 1.75. The van der Waals surface area contributed by atoms with Gasteiger partial charge in [0.15, 0.2) is 5.82 Å². The van der Waals surface area contributed by atoms with Crippen LogP contribution in [-0.4, -0.2) is 22.3 Å². The SMILES string of the molecule is CC(C)(CC(N)=O)NC(=O)c1cnc(NN)c(Cl)c1. The smallest absolute Gasteiger partial charge is 0.253 e. The lowest BCUT2D eigenvalue weighted by atomic mass is 10.00. The number of nitrogens with two attached hydrogens (primary N) is 2. The fraction of sp³-hybridized carbons (Fsp3) is 0.364. The minimum Gasteiger partial charge on any atom is -0.370 e. The molecule has 7 nitrogen and oxygen atoms in total. The maximum Gasteiger partial charge on any atom is 0.253 e. The van der Waals surface area contributed by atoms with Gasteiger partial charge in [-0.2, -0.15) is 0 Å². The predicted octanol–water partition coefficient (Wildman–Crippen LogP) is 0.404. The number of rotatable bonds is 5. The van der Waals surface area contributed by atoms with Gasteiger partial charge in [0.1, 0.15) is 0 Å². The van der Waals surface area contributed by atoms with Crippen LogP contribution in [-0.2, 0) is 4.79 Å². The third-order valence-electron chi connectivity index (χ3n) is 2.31. The molecule has 1 heterocycles. The van der Waals surface area contributed by atoms with Gasteiger partial charge in [-0.25, -0.2) is 10.8 Å². The van der Waals surface area contributed by atoms with Gasteiger partial charge in [0.05, 0.1) is 10.6 Å². The van der Waals surface area contributed by atoms with E-state index in [2.05, 4.69) is 15.7 Å². The zero-order chi connectivity index (χ0) is 14.6. The Morgan fingerprint density at radius 2 is 2.11 bits per heavy atom. The quantitative estimate of drug-likeness (QED) is 0.461. The Labute approximate surface area is 115 Å². The van der Waals surface area contributed by atoms with Gasteiger partial charge in [-0.15, -0.1) is 0 Å². The highest BCUT2D eigenvalue weighted by atomic mass is 35.5. The van der Waals surface area contributed by atoms with Crippen LogP contribution in [0.25, 0.3) is 0 Å². The normalized spacial score (nSPS) is 10.9. The Morgan fingerprint density at radius 1 is 1.47 bits per heavy atom. The summed E-state index contributed by atoms with van der Waals surface area (Å²) in [6.07, 6.45) is 1.36. The Hall–Kier alpha value is -1.86. The molecule has 0 aliphatic rings. The first-order chi connectivity index (χ1) is 8.75. The van der Waals surface area contributed by atoms with E-state index in [0.717, 1.165) is 0 Å². The summed E-state index contributed by atoms with van der Waals surface area (Å²) in [7, 11) is 0. The highest BCUT2D eigenvalue weighted by Gasteiger charge is 2.23. The van der Waals surface area contributed by atoms with Crippen LogP contribution in [0.3, 0.4) is 0 Å². The molecule has 0 unspecified atom stereocenters. The van der Waals surface area contributed by atoms with E-state index in [1.165, 1.54) is 12.3 Å². The summed E-state index contributed by atoms with van der Waals surface area (Å²) in [5.41, 5.74) is 6.92. The third-order valence-corrected chi connectivity index (χ3v) is 2.60. The number of nitrogens with zero attached hydrogens (tertiary/aromatic N) is 1. The van der Waals surface area contributed by atoms with Crippen molar-refractivity contribution in [3.63, 3.8) is 0 Å².